The first-order valence-corrected chi connectivity index (χ1v) is 7.70. The second-order valence-corrected chi connectivity index (χ2v) is 6.01. The summed E-state index contributed by atoms with van der Waals surface area (Å²) in [5.41, 5.74) is 2.13. The molecule has 1 N–H and O–H groups in total. The summed E-state index contributed by atoms with van der Waals surface area (Å²) >= 11 is 12.6. The number of rotatable bonds is 6. The van der Waals surface area contributed by atoms with Gasteiger partial charge in [-0.15, -0.1) is 12.4 Å². The molecule has 2 aromatic carbocycles. The highest BCUT2D eigenvalue weighted by Gasteiger charge is 2.10. The first kappa shape index (κ1) is 19.1. The Kier molecular flexibility index (Phi) is 8.05. The standard InChI is InChI=1S/C17H19Cl2NO.ClH/c1-12(2)20-10-14-8-15(18)17(16(19)9-14)21-11-13-6-4-3-5-7-13;/h3-9,12,20H,10-11H2,1-2H3;1H. The average Bonchev–Trinajstić information content (AvgIpc) is 2.45. The Bertz CT molecular complexity index is 565. The van der Waals surface area contributed by atoms with Crippen LogP contribution in [0, 0.1) is 0 Å². The van der Waals surface area contributed by atoms with Gasteiger partial charge < -0.3 is 10.1 Å². The monoisotopic (exact) mass is 359 g/mol. The molecule has 0 unspecified atom stereocenters. The summed E-state index contributed by atoms with van der Waals surface area (Å²) in [6.07, 6.45) is 0. The Hall–Kier alpha value is -0.930. The molecule has 120 valence electrons. The fourth-order valence-electron chi connectivity index (χ4n) is 1.90. The highest BCUT2D eigenvalue weighted by molar-refractivity contribution is 6.37. The third-order valence-corrected chi connectivity index (χ3v) is 3.56. The summed E-state index contributed by atoms with van der Waals surface area (Å²) in [5, 5.41) is 4.42. The van der Waals surface area contributed by atoms with Crippen LogP contribution in [0.25, 0.3) is 0 Å². The van der Waals surface area contributed by atoms with E-state index in [0.717, 1.165) is 17.7 Å². The van der Waals surface area contributed by atoms with Crippen LogP contribution in [0.4, 0.5) is 0 Å². The van der Waals surface area contributed by atoms with E-state index in [1.807, 2.05) is 42.5 Å². The van der Waals surface area contributed by atoms with E-state index in [2.05, 4.69) is 19.2 Å². The molecule has 0 saturated carbocycles. The highest BCUT2D eigenvalue weighted by atomic mass is 35.5. The van der Waals surface area contributed by atoms with Crippen LogP contribution in [0.1, 0.15) is 25.0 Å². The van der Waals surface area contributed by atoms with Gasteiger partial charge in [0, 0.05) is 12.6 Å². The number of hydrogen-bond donors (Lipinski definition) is 1. The van der Waals surface area contributed by atoms with Crippen LogP contribution in [0.2, 0.25) is 10.0 Å². The van der Waals surface area contributed by atoms with Gasteiger partial charge in [-0.1, -0.05) is 67.4 Å². The molecule has 0 aliphatic heterocycles. The molecular weight excluding hydrogens is 341 g/mol. The molecule has 0 aromatic heterocycles. The van der Waals surface area contributed by atoms with Crippen LogP contribution in [0.5, 0.6) is 5.75 Å². The largest absolute Gasteiger partial charge is 0.486 e. The first-order chi connectivity index (χ1) is 10.1. The average molecular weight is 361 g/mol. The van der Waals surface area contributed by atoms with Crippen molar-refractivity contribution in [2.45, 2.75) is 33.0 Å². The number of halogens is 3. The summed E-state index contributed by atoms with van der Waals surface area (Å²) in [7, 11) is 0. The minimum atomic E-state index is 0. The quantitative estimate of drug-likeness (QED) is 0.735. The molecule has 0 aliphatic carbocycles. The molecule has 22 heavy (non-hydrogen) atoms. The van der Waals surface area contributed by atoms with Crippen LogP contribution >= 0.6 is 35.6 Å². The van der Waals surface area contributed by atoms with Gasteiger partial charge in [0.25, 0.3) is 0 Å². The van der Waals surface area contributed by atoms with E-state index in [1.54, 1.807) is 0 Å². The Morgan fingerprint density at radius 3 is 2.14 bits per heavy atom. The van der Waals surface area contributed by atoms with Gasteiger partial charge in [-0.3, -0.25) is 0 Å². The van der Waals surface area contributed by atoms with Crippen molar-refractivity contribution in [1.82, 2.24) is 5.32 Å². The summed E-state index contributed by atoms with van der Waals surface area (Å²) in [4.78, 5) is 0. The van der Waals surface area contributed by atoms with Crippen molar-refractivity contribution in [1.29, 1.82) is 0 Å². The van der Waals surface area contributed by atoms with Gasteiger partial charge in [0.05, 0.1) is 10.0 Å². The van der Waals surface area contributed by atoms with Gasteiger partial charge in [-0.2, -0.15) is 0 Å². The second kappa shape index (κ2) is 9.26. The summed E-state index contributed by atoms with van der Waals surface area (Å²) in [5.74, 6) is 0.537. The van der Waals surface area contributed by atoms with E-state index in [-0.39, 0.29) is 12.4 Å². The zero-order chi connectivity index (χ0) is 15.2. The fraction of sp³-hybridized carbons (Fsp3) is 0.294. The van der Waals surface area contributed by atoms with E-state index in [4.69, 9.17) is 27.9 Å². The van der Waals surface area contributed by atoms with Crippen molar-refractivity contribution >= 4 is 35.6 Å². The maximum Gasteiger partial charge on any atom is 0.156 e. The van der Waals surface area contributed by atoms with Crippen molar-refractivity contribution < 1.29 is 4.74 Å². The number of benzene rings is 2. The molecular formula is C17H20Cl3NO. The van der Waals surface area contributed by atoms with Gasteiger partial charge in [-0.25, -0.2) is 0 Å². The van der Waals surface area contributed by atoms with Crippen LogP contribution < -0.4 is 10.1 Å². The molecule has 0 saturated heterocycles. The molecule has 2 rings (SSSR count). The lowest BCUT2D eigenvalue weighted by molar-refractivity contribution is 0.306. The topological polar surface area (TPSA) is 21.3 Å². The lowest BCUT2D eigenvalue weighted by Gasteiger charge is -2.13. The Balaban J connectivity index is 0.00000242. The predicted molar refractivity (Wildman–Crippen MR) is 96.5 cm³/mol. The maximum atomic E-state index is 6.28. The molecule has 2 nitrogen and oxygen atoms in total. The zero-order valence-corrected chi connectivity index (χ0v) is 14.9. The normalized spacial score (nSPS) is 10.4. The minimum absolute atomic E-state index is 0. The zero-order valence-electron chi connectivity index (χ0n) is 12.6. The van der Waals surface area contributed by atoms with Crippen LogP contribution in [-0.4, -0.2) is 6.04 Å². The Morgan fingerprint density at radius 2 is 1.59 bits per heavy atom. The van der Waals surface area contributed by atoms with Crippen LogP contribution in [-0.2, 0) is 13.2 Å². The second-order valence-electron chi connectivity index (χ2n) is 5.20. The van der Waals surface area contributed by atoms with E-state index < -0.39 is 0 Å². The van der Waals surface area contributed by atoms with Gasteiger partial charge in [0.2, 0.25) is 0 Å². The summed E-state index contributed by atoms with van der Waals surface area (Å²) in [6.45, 7) is 5.38. The maximum absolute atomic E-state index is 6.28. The molecule has 5 heteroatoms. The molecule has 0 heterocycles. The van der Waals surface area contributed by atoms with Crippen molar-refractivity contribution in [3.05, 3.63) is 63.6 Å². The molecule has 0 amide bonds. The molecule has 0 atom stereocenters. The lowest BCUT2D eigenvalue weighted by Crippen LogP contribution is -2.21. The van der Waals surface area contributed by atoms with E-state index in [9.17, 15) is 0 Å². The third kappa shape index (κ3) is 5.69. The predicted octanol–water partition coefficient (Wildman–Crippen LogP) is 5.49. The lowest BCUT2D eigenvalue weighted by atomic mass is 10.2. The van der Waals surface area contributed by atoms with Crippen molar-refractivity contribution in [3.63, 3.8) is 0 Å². The summed E-state index contributed by atoms with van der Waals surface area (Å²) < 4.78 is 5.75. The number of nitrogens with one attached hydrogen (secondary N) is 1. The van der Waals surface area contributed by atoms with E-state index in [1.165, 1.54) is 0 Å². The SMILES string of the molecule is CC(C)NCc1cc(Cl)c(OCc2ccccc2)c(Cl)c1.Cl. The number of hydrogen-bond acceptors (Lipinski definition) is 2. The van der Waals surface area contributed by atoms with Gasteiger partial charge in [0.1, 0.15) is 6.61 Å². The molecule has 0 radical (unpaired) electrons. The van der Waals surface area contributed by atoms with Gasteiger partial charge in [-0.05, 0) is 23.3 Å². The van der Waals surface area contributed by atoms with E-state index >= 15 is 0 Å². The Labute approximate surface area is 148 Å². The van der Waals surface area contributed by atoms with Gasteiger partial charge >= 0.3 is 0 Å². The van der Waals surface area contributed by atoms with Crippen molar-refractivity contribution in [2.24, 2.45) is 0 Å². The number of ether oxygens (including phenoxy) is 1. The van der Waals surface area contributed by atoms with Crippen LogP contribution in [0.15, 0.2) is 42.5 Å². The third-order valence-electron chi connectivity index (χ3n) is 3.00. The molecule has 2 aromatic rings. The van der Waals surface area contributed by atoms with E-state index in [0.29, 0.717) is 28.4 Å². The minimum Gasteiger partial charge on any atom is -0.486 e. The fourth-order valence-corrected chi connectivity index (χ4v) is 2.55. The van der Waals surface area contributed by atoms with Crippen molar-refractivity contribution in [2.75, 3.05) is 0 Å². The Morgan fingerprint density at radius 1 is 1.00 bits per heavy atom. The molecule has 0 fully saturated rings. The first-order valence-electron chi connectivity index (χ1n) is 6.94. The molecule has 0 aliphatic rings. The van der Waals surface area contributed by atoms with Gasteiger partial charge in [0.15, 0.2) is 5.75 Å². The van der Waals surface area contributed by atoms with Crippen molar-refractivity contribution in [3.8, 4) is 5.75 Å². The molecule has 0 spiro atoms. The highest BCUT2D eigenvalue weighted by Crippen LogP contribution is 2.34. The smallest absolute Gasteiger partial charge is 0.156 e. The summed E-state index contributed by atoms with van der Waals surface area (Å²) in [6, 6.07) is 14.1. The molecule has 0 bridgehead atoms. The van der Waals surface area contributed by atoms with Crippen LogP contribution in [0.3, 0.4) is 0 Å².